The molecule has 0 aliphatic carbocycles. The Morgan fingerprint density at radius 3 is 2.87 bits per heavy atom. The maximum atomic E-state index is 12.5. The number of ether oxygens (including phenoxy) is 1. The van der Waals surface area contributed by atoms with E-state index >= 15 is 0 Å². The Kier molecular flexibility index (Phi) is 4.28. The summed E-state index contributed by atoms with van der Waals surface area (Å²) < 4.78 is 5.21. The van der Waals surface area contributed by atoms with Crippen LogP contribution in [0.5, 0.6) is 5.75 Å². The van der Waals surface area contributed by atoms with Crippen LogP contribution in [0.3, 0.4) is 0 Å². The van der Waals surface area contributed by atoms with E-state index in [0.717, 1.165) is 5.13 Å². The molecule has 0 fully saturated rings. The molecule has 3 rings (SSSR count). The van der Waals surface area contributed by atoms with Gasteiger partial charge < -0.3 is 15.0 Å². The van der Waals surface area contributed by atoms with Crippen molar-refractivity contribution in [1.29, 1.82) is 0 Å². The predicted molar refractivity (Wildman–Crippen MR) is 96.0 cm³/mol. The Bertz CT molecular complexity index is 917. The van der Waals surface area contributed by atoms with E-state index in [0.29, 0.717) is 28.0 Å². The summed E-state index contributed by atoms with van der Waals surface area (Å²) in [6, 6.07) is 5.50. The summed E-state index contributed by atoms with van der Waals surface area (Å²) in [5.74, 6) is 0.668. The van der Waals surface area contributed by atoms with Gasteiger partial charge in [0.05, 0.1) is 18.3 Å². The first-order chi connectivity index (χ1) is 11.0. The maximum Gasteiger partial charge on any atom is 0.208 e. The van der Waals surface area contributed by atoms with Crippen LogP contribution in [0, 0.1) is 0 Å². The molecule has 1 aromatic carbocycles. The van der Waals surface area contributed by atoms with Gasteiger partial charge in [-0.05, 0) is 26.0 Å². The molecule has 0 aliphatic heterocycles. The zero-order valence-electron chi connectivity index (χ0n) is 12.9. The Hall–Kier alpha value is -2.05. The van der Waals surface area contributed by atoms with Gasteiger partial charge >= 0.3 is 0 Å². The molecule has 0 saturated carbocycles. The molecule has 2 heterocycles. The smallest absolute Gasteiger partial charge is 0.208 e. The van der Waals surface area contributed by atoms with E-state index in [4.69, 9.17) is 16.3 Å². The summed E-state index contributed by atoms with van der Waals surface area (Å²) in [5.41, 5.74) is 1.61. The molecular weight excluding hydrogens is 334 g/mol. The lowest BCUT2D eigenvalue weighted by molar-refractivity contribution is 0.415. The Balaban J connectivity index is 2.15. The number of nitrogens with zero attached hydrogens (tertiary/aromatic N) is 1. The van der Waals surface area contributed by atoms with Crippen LogP contribution >= 0.6 is 22.9 Å². The highest BCUT2D eigenvalue weighted by Crippen LogP contribution is 2.30. The zero-order valence-corrected chi connectivity index (χ0v) is 14.5. The van der Waals surface area contributed by atoms with Gasteiger partial charge in [-0.15, -0.1) is 11.3 Å². The lowest BCUT2D eigenvalue weighted by atomic mass is 10.1. The minimum absolute atomic E-state index is 0.143. The molecule has 0 saturated heterocycles. The Morgan fingerprint density at radius 1 is 1.39 bits per heavy atom. The number of rotatable bonds is 4. The van der Waals surface area contributed by atoms with Crippen LogP contribution in [-0.4, -0.2) is 23.1 Å². The normalized spacial score (nSPS) is 11.2. The second-order valence-corrected chi connectivity index (χ2v) is 6.63. The monoisotopic (exact) mass is 349 g/mol. The van der Waals surface area contributed by atoms with Gasteiger partial charge in [-0.1, -0.05) is 11.6 Å². The average molecular weight is 350 g/mol. The molecule has 2 N–H and O–H groups in total. The van der Waals surface area contributed by atoms with Gasteiger partial charge in [0.2, 0.25) is 5.43 Å². The van der Waals surface area contributed by atoms with E-state index in [2.05, 4.69) is 15.3 Å². The van der Waals surface area contributed by atoms with Crippen molar-refractivity contribution < 1.29 is 4.74 Å². The van der Waals surface area contributed by atoms with Crippen molar-refractivity contribution in [2.45, 2.75) is 19.9 Å². The summed E-state index contributed by atoms with van der Waals surface area (Å²) in [7, 11) is 1.58. The minimum atomic E-state index is -0.218. The number of fused-ring (bicyclic) bond motifs is 1. The molecule has 5 nitrogen and oxygen atoms in total. The SMILES string of the molecule is COc1ccc2c(=O)c(Cl)c(-c3csc(NC(C)C)n3)[nH]c2c1. The first kappa shape index (κ1) is 15.8. The van der Waals surface area contributed by atoms with Gasteiger partial charge in [-0.2, -0.15) is 0 Å². The molecule has 0 spiro atoms. The number of nitrogens with one attached hydrogen (secondary N) is 2. The fourth-order valence-corrected chi connectivity index (χ4v) is 3.35. The molecule has 23 heavy (non-hydrogen) atoms. The number of halogens is 1. The number of thiazole rings is 1. The van der Waals surface area contributed by atoms with E-state index in [1.165, 1.54) is 11.3 Å². The van der Waals surface area contributed by atoms with Crippen molar-refractivity contribution >= 4 is 39.0 Å². The van der Waals surface area contributed by atoms with Gasteiger partial charge in [0.1, 0.15) is 16.5 Å². The molecule has 7 heteroatoms. The molecule has 120 valence electrons. The number of benzene rings is 1. The first-order valence-corrected chi connectivity index (χ1v) is 8.37. The van der Waals surface area contributed by atoms with Gasteiger partial charge in [0.15, 0.2) is 5.13 Å². The largest absolute Gasteiger partial charge is 0.497 e. The summed E-state index contributed by atoms with van der Waals surface area (Å²) in [4.78, 5) is 20.2. The standard InChI is InChI=1S/C16H16ClN3O2S/c1-8(2)18-16-20-12(7-23-16)14-13(17)15(21)10-5-4-9(22-3)6-11(10)19-14/h4-8H,1-3H3,(H,18,20)(H,19,21). The van der Waals surface area contributed by atoms with Crippen LogP contribution in [0.2, 0.25) is 5.02 Å². The number of H-pyrrole nitrogens is 1. The zero-order chi connectivity index (χ0) is 16.6. The van der Waals surface area contributed by atoms with Crippen molar-refractivity contribution in [1.82, 2.24) is 9.97 Å². The molecule has 2 aromatic heterocycles. The number of methoxy groups -OCH3 is 1. The van der Waals surface area contributed by atoms with Crippen molar-refractivity contribution in [2.75, 3.05) is 12.4 Å². The number of aromatic amines is 1. The molecule has 0 amide bonds. The maximum absolute atomic E-state index is 12.5. The van der Waals surface area contributed by atoms with Gasteiger partial charge in [-0.25, -0.2) is 4.98 Å². The third-order valence-electron chi connectivity index (χ3n) is 3.32. The van der Waals surface area contributed by atoms with Crippen molar-refractivity contribution in [2.24, 2.45) is 0 Å². The highest BCUT2D eigenvalue weighted by molar-refractivity contribution is 7.14. The number of pyridine rings is 1. The lowest BCUT2D eigenvalue weighted by Gasteiger charge is -2.07. The predicted octanol–water partition coefficient (Wildman–Crippen LogP) is 4.13. The highest BCUT2D eigenvalue weighted by atomic mass is 35.5. The highest BCUT2D eigenvalue weighted by Gasteiger charge is 2.15. The number of hydrogen-bond donors (Lipinski definition) is 2. The molecule has 0 unspecified atom stereocenters. The quantitative estimate of drug-likeness (QED) is 0.743. The summed E-state index contributed by atoms with van der Waals surface area (Å²) in [6.07, 6.45) is 0. The van der Waals surface area contributed by atoms with E-state index < -0.39 is 0 Å². The van der Waals surface area contributed by atoms with Crippen LogP contribution in [0.25, 0.3) is 22.3 Å². The van der Waals surface area contributed by atoms with Crippen LogP contribution < -0.4 is 15.5 Å². The van der Waals surface area contributed by atoms with Crippen molar-refractivity contribution in [3.05, 3.63) is 38.8 Å². The van der Waals surface area contributed by atoms with E-state index in [9.17, 15) is 4.79 Å². The Morgan fingerprint density at radius 2 is 2.17 bits per heavy atom. The Labute approximate surface area is 142 Å². The number of aromatic nitrogens is 2. The summed E-state index contributed by atoms with van der Waals surface area (Å²) in [5, 5.41) is 6.56. The van der Waals surface area contributed by atoms with Crippen LogP contribution in [0.4, 0.5) is 5.13 Å². The summed E-state index contributed by atoms with van der Waals surface area (Å²) in [6.45, 7) is 4.08. The third kappa shape index (κ3) is 3.04. The van der Waals surface area contributed by atoms with Crippen LogP contribution in [0.15, 0.2) is 28.4 Å². The third-order valence-corrected chi connectivity index (χ3v) is 4.46. The number of anilines is 1. The van der Waals surface area contributed by atoms with Gasteiger partial charge in [0.25, 0.3) is 0 Å². The minimum Gasteiger partial charge on any atom is -0.497 e. The molecule has 0 atom stereocenters. The molecular formula is C16H16ClN3O2S. The van der Waals surface area contributed by atoms with E-state index in [1.54, 1.807) is 25.3 Å². The first-order valence-electron chi connectivity index (χ1n) is 7.11. The van der Waals surface area contributed by atoms with E-state index in [-0.39, 0.29) is 16.5 Å². The van der Waals surface area contributed by atoms with Crippen LogP contribution in [0.1, 0.15) is 13.8 Å². The molecule has 0 radical (unpaired) electrons. The van der Waals surface area contributed by atoms with E-state index in [1.807, 2.05) is 19.2 Å². The molecule has 0 bridgehead atoms. The second kappa shape index (κ2) is 6.22. The van der Waals surface area contributed by atoms with Crippen molar-refractivity contribution in [3.63, 3.8) is 0 Å². The molecule has 0 aliphatic rings. The van der Waals surface area contributed by atoms with Crippen molar-refractivity contribution in [3.8, 4) is 17.1 Å². The van der Waals surface area contributed by atoms with Crippen LogP contribution in [-0.2, 0) is 0 Å². The number of hydrogen-bond acceptors (Lipinski definition) is 5. The average Bonchev–Trinajstić information content (AvgIpc) is 2.97. The van der Waals surface area contributed by atoms with Gasteiger partial charge in [0, 0.05) is 22.9 Å². The summed E-state index contributed by atoms with van der Waals surface area (Å²) >= 11 is 7.74. The lowest BCUT2D eigenvalue weighted by Crippen LogP contribution is -2.09. The fraction of sp³-hybridized carbons (Fsp3) is 0.250. The fourth-order valence-electron chi connectivity index (χ4n) is 2.25. The molecule has 3 aromatic rings. The topological polar surface area (TPSA) is 67.0 Å². The second-order valence-electron chi connectivity index (χ2n) is 5.39. The van der Waals surface area contributed by atoms with Gasteiger partial charge in [-0.3, -0.25) is 4.79 Å².